The number of aliphatic hydroxyl groups is 1. The summed E-state index contributed by atoms with van der Waals surface area (Å²) in [6, 6.07) is 9.83. The number of amides is 1. The van der Waals surface area contributed by atoms with Gasteiger partial charge in [-0.25, -0.2) is 0 Å². The standard InChI is InChI=1S/C18H22BrNO3/c1-4-14(21)10-20-18(22)11(2)12-5-7-15-13(9-12)6-8-16(23-3)17(15)19/h5-9,11,14,21H,4,10H2,1-3H3,(H,20,22). The molecule has 2 rings (SSSR count). The SMILES string of the molecule is CCC(O)CNC(=O)C(C)c1ccc2c(Br)c(OC)ccc2c1. The molecule has 2 unspecified atom stereocenters. The fourth-order valence-corrected chi connectivity index (χ4v) is 3.04. The zero-order valence-corrected chi connectivity index (χ0v) is 15.2. The van der Waals surface area contributed by atoms with Gasteiger partial charge in [-0.05, 0) is 51.7 Å². The summed E-state index contributed by atoms with van der Waals surface area (Å²) in [7, 11) is 1.64. The molecule has 4 nitrogen and oxygen atoms in total. The van der Waals surface area contributed by atoms with E-state index in [1.807, 2.05) is 44.2 Å². The first kappa shape index (κ1) is 17.8. The van der Waals surface area contributed by atoms with Gasteiger partial charge >= 0.3 is 0 Å². The van der Waals surface area contributed by atoms with Crippen molar-refractivity contribution >= 4 is 32.6 Å². The van der Waals surface area contributed by atoms with Crippen molar-refractivity contribution in [1.29, 1.82) is 0 Å². The summed E-state index contributed by atoms with van der Waals surface area (Å²) in [4.78, 5) is 12.2. The molecule has 0 aliphatic heterocycles. The van der Waals surface area contributed by atoms with Crippen molar-refractivity contribution in [1.82, 2.24) is 5.32 Å². The first-order valence-corrected chi connectivity index (χ1v) is 8.49. The van der Waals surface area contributed by atoms with Gasteiger partial charge in [-0.3, -0.25) is 4.79 Å². The molecule has 2 aromatic carbocycles. The van der Waals surface area contributed by atoms with E-state index in [1.165, 1.54) is 0 Å². The van der Waals surface area contributed by atoms with Crippen LogP contribution in [-0.2, 0) is 4.79 Å². The van der Waals surface area contributed by atoms with Crippen molar-refractivity contribution < 1.29 is 14.6 Å². The highest BCUT2D eigenvalue weighted by molar-refractivity contribution is 9.10. The predicted octanol–water partition coefficient (Wildman–Crippen LogP) is 3.60. The van der Waals surface area contributed by atoms with E-state index in [4.69, 9.17) is 4.74 Å². The molecule has 5 heteroatoms. The van der Waals surface area contributed by atoms with Crippen molar-refractivity contribution in [3.63, 3.8) is 0 Å². The lowest BCUT2D eigenvalue weighted by atomic mass is 9.97. The Morgan fingerprint density at radius 2 is 2.09 bits per heavy atom. The van der Waals surface area contributed by atoms with Crippen LogP contribution in [0.1, 0.15) is 31.7 Å². The summed E-state index contributed by atoms with van der Waals surface area (Å²) in [5.74, 6) is 0.429. The van der Waals surface area contributed by atoms with Crippen LogP contribution in [0.25, 0.3) is 10.8 Å². The maximum absolute atomic E-state index is 12.2. The molecule has 0 aromatic heterocycles. The number of methoxy groups -OCH3 is 1. The van der Waals surface area contributed by atoms with E-state index in [0.29, 0.717) is 6.42 Å². The number of carbonyl (C=O) groups is 1. The second-order valence-electron chi connectivity index (χ2n) is 5.59. The van der Waals surface area contributed by atoms with Crippen LogP contribution in [-0.4, -0.2) is 30.8 Å². The third-order valence-corrected chi connectivity index (χ3v) is 4.86. The van der Waals surface area contributed by atoms with Crippen LogP contribution in [0, 0.1) is 0 Å². The molecule has 0 aliphatic carbocycles. The Morgan fingerprint density at radius 3 is 2.74 bits per heavy atom. The van der Waals surface area contributed by atoms with Gasteiger partial charge in [0.25, 0.3) is 0 Å². The number of fused-ring (bicyclic) bond motifs is 1. The zero-order chi connectivity index (χ0) is 17.0. The molecule has 0 heterocycles. The molecule has 0 spiro atoms. The van der Waals surface area contributed by atoms with Gasteiger partial charge in [0.2, 0.25) is 5.91 Å². The number of rotatable bonds is 6. The summed E-state index contributed by atoms with van der Waals surface area (Å²) in [5.41, 5.74) is 0.943. The number of nitrogens with one attached hydrogen (secondary N) is 1. The Labute approximate surface area is 145 Å². The highest BCUT2D eigenvalue weighted by atomic mass is 79.9. The molecule has 0 bridgehead atoms. The molecular weight excluding hydrogens is 358 g/mol. The number of ether oxygens (including phenoxy) is 1. The van der Waals surface area contributed by atoms with E-state index in [2.05, 4.69) is 21.2 Å². The van der Waals surface area contributed by atoms with Crippen LogP contribution >= 0.6 is 15.9 Å². The molecule has 23 heavy (non-hydrogen) atoms. The van der Waals surface area contributed by atoms with Gasteiger partial charge in [0.05, 0.1) is 23.6 Å². The topological polar surface area (TPSA) is 58.6 Å². The van der Waals surface area contributed by atoms with Crippen LogP contribution in [0.4, 0.5) is 0 Å². The van der Waals surface area contributed by atoms with E-state index < -0.39 is 6.10 Å². The molecule has 124 valence electrons. The number of hydrogen-bond acceptors (Lipinski definition) is 3. The van der Waals surface area contributed by atoms with Crippen LogP contribution in [0.2, 0.25) is 0 Å². The quantitative estimate of drug-likeness (QED) is 0.805. The average molecular weight is 380 g/mol. The normalized spacial score (nSPS) is 13.6. The Bertz CT molecular complexity index is 702. The number of benzene rings is 2. The smallest absolute Gasteiger partial charge is 0.227 e. The number of halogens is 1. The van der Waals surface area contributed by atoms with Crippen LogP contribution in [0.15, 0.2) is 34.8 Å². The average Bonchev–Trinajstić information content (AvgIpc) is 2.58. The van der Waals surface area contributed by atoms with E-state index in [-0.39, 0.29) is 18.4 Å². The lowest BCUT2D eigenvalue weighted by Gasteiger charge is -2.16. The minimum atomic E-state index is -0.494. The Kier molecular flexibility index (Phi) is 6.02. The monoisotopic (exact) mass is 379 g/mol. The van der Waals surface area contributed by atoms with Crippen molar-refractivity contribution in [2.45, 2.75) is 32.3 Å². The van der Waals surface area contributed by atoms with Crippen molar-refractivity contribution in [3.05, 3.63) is 40.4 Å². The minimum Gasteiger partial charge on any atom is -0.496 e. The molecule has 2 aromatic rings. The summed E-state index contributed by atoms with van der Waals surface area (Å²) >= 11 is 3.55. The fraction of sp³-hybridized carbons (Fsp3) is 0.389. The van der Waals surface area contributed by atoms with E-state index in [1.54, 1.807) is 7.11 Å². The minimum absolute atomic E-state index is 0.0792. The summed E-state index contributed by atoms with van der Waals surface area (Å²) in [6.45, 7) is 4.04. The molecule has 2 N–H and O–H groups in total. The number of carbonyl (C=O) groups excluding carboxylic acids is 1. The largest absolute Gasteiger partial charge is 0.496 e. The molecule has 0 radical (unpaired) electrons. The Balaban J connectivity index is 2.21. The second-order valence-corrected chi connectivity index (χ2v) is 6.38. The van der Waals surface area contributed by atoms with Gasteiger partial charge in [0, 0.05) is 6.54 Å². The first-order chi connectivity index (χ1) is 11.0. The fourth-order valence-electron chi connectivity index (χ4n) is 2.38. The molecule has 0 saturated heterocycles. The summed E-state index contributed by atoms with van der Waals surface area (Å²) in [6.07, 6.45) is 0.131. The lowest BCUT2D eigenvalue weighted by Crippen LogP contribution is -2.34. The second kappa shape index (κ2) is 7.79. The molecule has 0 fully saturated rings. The number of hydrogen-bond donors (Lipinski definition) is 2. The Hall–Kier alpha value is -1.59. The van der Waals surface area contributed by atoms with Crippen molar-refractivity contribution in [2.24, 2.45) is 0 Å². The summed E-state index contributed by atoms with van der Waals surface area (Å²) < 4.78 is 6.21. The molecule has 0 saturated carbocycles. The van der Waals surface area contributed by atoms with Gasteiger partial charge < -0.3 is 15.2 Å². The van der Waals surface area contributed by atoms with Gasteiger partial charge in [-0.1, -0.05) is 31.2 Å². The third-order valence-electron chi connectivity index (χ3n) is 4.04. The van der Waals surface area contributed by atoms with E-state index in [0.717, 1.165) is 26.6 Å². The van der Waals surface area contributed by atoms with Gasteiger partial charge in [0.1, 0.15) is 5.75 Å². The maximum Gasteiger partial charge on any atom is 0.227 e. The van der Waals surface area contributed by atoms with E-state index in [9.17, 15) is 9.90 Å². The van der Waals surface area contributed by atoms with Crippen LogP contribution in [0.3, 0.4) is 0 Å². The van der Waals surface area contributed by atoms with Crippen molar-refractivity contribution in [3.8, 4) is 5.75 Å². The predicted molar refractivity (Wildman–Crippen MR) is 95.9 cm³/mol. The highest BCUT2D eigenvalue weighted by Gasteiger charge is 2.17. The number of aliphatic hydroxyl groups excluding tert-OH is 1. The van der Waals surface area contributed by atoms with Crippen molar-refractivity contribution in [2.75, 3.05) is 13.7 Å². The third kappa shape index (κ3) is 4.03. The molecule has 1 amide bonds. The van der Waals surface area contributed by atoms with Gasteiger partial charge in [-0.15, -0.1) is 0 Å². The molecular formula is C18H22BrNO3. The van der Waals surface area contributed by atoms with Crippen LogP contribution < -0.4 is 10.1 Å². The lowest BCUT2D eigenvalue weighted by molar-refractivity contribution is -0.122. The van der Waals surface area contributed by atoms with Gasteiger partial charge in [-0.2, -0.15) is 0 Å². The summed E-state index contributed by atoms with van der Waals surface area (Å²) in [5, 5.41) is 14.4. The van der Waals surface area contributed by atoms with Crippen LogP contribution in [0.5, 0.6) is 5.75 Å². The maximum atomic E-state index is 12.2. The highest BCUT2D eigenvalue weighted by Crippen LogP contribution is 2.34. The van der Waals surface area contributed by atoms with Gasteiger partial charge in [0.15, 0.2) is 0 Å². The zero-order valence-electron chi connectivity index (χ0n) is 13.6. The Morgan fingerprint density at radius 1 is 1.35 bits per heavy atom. The molecule has 2 atom stereocenters. The first-order valence-electron chi connectivity index (χ1n) is 7.69. The molecule has 0 aliphatic rings. The van der Waals surface area contributed by atoms with E-state index >= 15 is 0 Å².